The van der Waals surface area contributed by atoms with Crippen LogP contribution >= 0.6 is 0 Å². The van der Waals surface area contributed by atoms with E-state index >= 15 is 0 Å². The van der Waals surface area contributed by atoms with Crippen molar-refractivity contribution in [3.63, 3.8) is 0 Å². The Balaban J connectivity index is 2.08. The summed E-state index contributed by atoms with van der Waals surface area (Å²) in [6, 6.07) is 7.40. The van der Waals surface area contributed by atoms with Crippen molar-refractivity contribution in [2.24, 2.45) is 0 Å². The van der Waals surface area contributed by atoms with E-state index in [0.29, 0.717) is 18.7 Å². The summed E-state index contributed by atoms with van der Waals surface area (Å²) in [5.41, 5.74) is 1.57. The Bertz CT molecular complexity index is 485. The number of aryl methyl sites for hydroxylation is 1. The number of ether oxygens (including phenoxy) is 1. The summed E-state index contributed by atoms with van der Waals surface area (Å²) in [6.07, 6.45) is 7.23. The minimum atomic E-state index is -0.247. The van der Waals surface area contributed by atoms with Crippen LogP contribution in [0.1, 0.15) is 67.8 Å². The minimum absolute atomic E-state index is 0.146. The zero-order valence-electron chi connectivity index (χ0n) is 14.4. The quantitative estimate of drug-likeness (QED) is 0.495. The van der Waals surface area contributed by atoms with Crippen LogP contribution in [0.15, 0.2) is 24.3 Å². The van der Waals surface area contributed by atoms with Gasteiger partial charge in [-0.25, -0.2) is 0 Å². The highest BCUT2D eigenvalue weighted by atomic mass is 16.5. The number of amides is 1. The number of hydrogen-bond acceptors (Lipinski definition) is 3. The molecule has 4 nitrogen and oxygen atoms in total. The lowest BCUT2D eigenvalue weighted by Gasteiger charge is -2.08. The Morgan fingerprint density at radius 3 is 2.48 bits per heavy atom. The van der Waals surface area contributed by atoms with Crippen molar-refractivity contribution in [3.8, 4) is 0 Å². The van der Waals surface area contributed by atoms with Gasteiger partial charge in [0.15, 0.2) is 0 Å². The van der Waals surface area contributed by atoms with Gasteiger partial charge in [-0.1, -0.05) is 57.2 Å². The van der Waals surface area contributed by atoms with Crippen LogP contribution in [0.2, 0.25) is 0 Å². The van der Waals surface area contributed by atoms with Crippen molar-refractivity contribution in [2.45, 2.75) is 58.8 Å². The molecule has 0 atom stereocenters. The van der Waals surface area contributed by atoms with E-state index in [2.05, 4.69) is 12.2 Å². The predicted octanol–water partition coefficient (Wildman–Crippen LogP) is 4.02. The second-order valence-corrected chi connectivity index (χ2v) is 5.81. The van der Waals surface area contributed by atoms with Crippen LogP contribution in [0.3, 0.4) is 0 Å². The van der Waals surface area contributed by atoms with E-state index < -0.39 is 0 Å². The average Bonchev–Trinajstić information content (AvgIpc) is 2.54. The molecule has 1 aromatic carbocycles. The van der Waals surface area contributed by atoms with Gasteiger partial charge in [-0.3, -0.25) is 9.59 Å². The number of carbonyl (C=O) groups is 2. The first kappa shape index (κ1) is 19.2. The molecule has 1 amide bonds. The molecule has 0 heterocycles. The topological polar surface area (TPSA) is 55.4 Å². The average molecular weight is 319 g/mol. The van der Waals surface area contributed by atoms with Crippen LogP contribution in [-0.2, 0) is 9.53 Å². The molecule has 0 aliphatic heterocycles. The Labute approximate surface area is 139 Å². The van der Waals surface area contributed by atoms with Gasteiger partial charge in [0.05, 0.1) is 13.0 Å². The molecule has 128 valence electrons. The van der Waals surface area contributed by atoms with Gasteiger partial charge in [-0.15, -0.1) is 0 Å². The smallest absolute Gasteiger partial charge is 0.307 e. The van der Waals surface area contributed by atoms with Gasteiger partial charge < -0.3 is 10.1 Å². The van der Waals surface area contributed by atoms with Crippen molar-refractivity contribution in [1.82, 2.24) is 5.32 Å². The van der Waals surface area contributed by atoms with E-state index in [1.54, 1.807) is 6.07 Å². The molecule has 1 rings (SSSR count). The van der Waals surface area contributed by atoms with Crippen LogP contribution in [0.4, 0.5) is 0 Å². The Morgan fingerprint density at radius 2 is 1.74 bits per heavy atom. The number of esters is 1. The number of hydrogen-bond donors (Lipinski definition) is 1. The predicted molar refractivity (Wildman–Crippen MR) is 92.5 cm³/mol. The van der Waals surface area contributed by atoms with Gasteiger partial charge in [0, 0.05) is 12.1 Å². The highest BCUT2D eigenvalue weighted by molar-refractivity contribution is 5.95. The van der Waals surface area contributed by atoms with Gasteiger partial charge in [0.2, 0.25) is 0 Å². The first-order valence-corrected chi connectivity index (χ1v) is 8.64. The fourth-order valence-corrected chi connectivity index (χ4v) is 2.34. The fraction of sp³-hybridized carbons (Fsp3) is 0.579. The molecule has 0 aromatic heterocycles. The summed E-state index contributed by atoms with van der Waals surface area (Å²) >= 11 is 0. The van der Waals surface area contributed by atoms with Crippen molar-refractivity contribution < 1.29 is 14.3 Å². The molecule has 0 aliphatic carbocycles. The Hall–Kier alpha value is -1.84. The van der Waals surface area contributed by atoms with E-state index in [1.807, 2.05) is 25.1 Å². The maximum atomic E-state index is 12.0. The highest BCUT2D eigenvalue weighted by Crippen LogP contribution is 2.07. The lowest BCUT2D eigenvalue weighted by Crippen LogP contribution is -2.27. The lowest BCUT2D eigenvalue weighted by molar-refractivity contribution is -0.143. The van der Waals surface area contributed by atoms with Crippen LogP contribution in [0.25, 0.3) is 0 Å². The van der Waals surface area contributed by atoms with E-state index in [4.69, 9.17) is 4.74 Å². The van der Waals surface area contributed by atoms with Crippen LogP contribution in [0, 0.1) is 6.92 Å². The number of carbonyl (C=O) groups excluding carboxylic acids is 2. The second kappa shape index (κ2) is 11.7. The van der Waals surface area contributed by atoms with Crippen molar-refractivity contribution in [3.05, 3.63) is 35.4 Å². The number of nitrogens with one attached hydrogen (secondary N) is 1. The van der Waals surface area contributed by atoms with Crippen LogP contribution in [-0.4, -0.2) is 25.0 Å². The largest absolute Gasteiger partial charge is 0.466 e. The molecule has 0 saturated carbocycles. The molecule has 23 heavy (non-hydrogen) atoms. The summed E-state index contributed by atoms with van der Waals surface area (Å²) < 4.78 is 5.17. The molecule has 1 aromatic rings. The maximum Gasteiger partial charge on any atom is 0.307 e. The summed E-state index contributed by atoms with van der Waals surface area (Å²) in [7, 11) is 0. The molecular formula is C19H29NO3. The monoisotopic (exact) mass is 319 g/mol. The fourth-order valence-electron chi connectivity index (χ4n) is 2.34. The normalized spacial score (nSPS) is 10.3. The van der Waals surface area contributed by atoms with Crippen molar-refractivity contribution in [2.75, 3.05) is 13.2 Å². The van der Waals surface area contributed by atoms with Gasteiger partial charge in [0.25, 0.3) is 5.91 Å². The summed E-state index contributed by atoms with van der Waals surface area (Å²) in [6.45, 7) is 4.88. The van der Waals surface area contributed by atoms with E-state index in [0.717, 1.165) is 18.4 Å². The summed E-state index contributed by atoms with van der Waals surface area (Å²) in [5, 5.41) is 2.76. The maximum absolute atomic E-state index is 12.0. The number of benzene rings is 1. The third kappa shape index (κ3) is 8.38. The zero-order chi connectivity index (χ0) is 16.9. The third-order valence-electron chi connectivity index (χ3n) is 3.77. The molecule has 0 bridgehead atoms. The van der Waals surface area contributed by atoms with Gasteiger partial charge >= 0.3 is 5.97 Å². The first-order chi connectivity index (χ1) is 11.1. The molecule has 0 radical (unpaired) electrons. The molecule has 0 aliphatic rings. The summed E-state index contributed by atoms with van der Waals surface area (Å²) in [4.78, 5) is 23.6. The van der Waals surface area contributed by atoms with Crippen LogP contribution < -0.4 is 5.32 Å². The van der Waals surface area contributed by atoms with Gasteiger partial charge in [-0.2, -0.15) is 0 Å². The van der Waals surface area contributed by atoms with E-state index in [9.17, 15) is 9.59 Å². The van der Waals surface area contributed by atoms with Gasteiger partial charge in [-0.05, 0) is 25.0 Å². The highest BCUT2D eigenvalue weighted by Gasteiger charge is 2.09. The van der Waals surface area contributed by atoms with Crippen molar-refractivity contribution in [1.29, 1.82) is 0 Å². The van der Waals surface area contributed by atoms with Crippen molar-refractivity contribution >= 4 is 11.9 Å². The third-order valence-corrected chi connectivity index (χ3v) is 3.77. The van der Waals surface area contributed by atoms with Crippen LogP contribution in [0.5, 0.6) is 0 Å². The molecule has 1 N–H and O–H groups in total. The Morgan fingerprint density at radius 1 is 1.04 bits per heavy atom. The molecule has 0 spiro atoms. The standard InChI is InChI=1S/C19H29NO3/c1-3-4-5-6-7-10-15-23-18(21)13-14-20-19(22)17-12-9-8-11-16(17)2/h8-9,11-12H,3-7,10,13-15H2,1-2H3,(H,20,22). The number of rotatable bonds is 11. The first-order valence-electron chi connectivity index (χ1n) is 8.64. The van der Waals surface area contributed by atoms with Gasteiger partial charge in [0.1, 0.15) is 0 Å². The minimum Gasteiger partial charge on any atom is -0.466 e. The SMILES string of the molecule is CCCCCCCCOC(=O)CCNC(=O)c1ccccc1C. The summed E-state index contributed by atoms with van der Waals surface area (Å²) in [5.74, 6) is -0.393. The number of unbranched alkanes of at least 4 members (excludes halogenated alkanes) is 5. The van der Waals surface area contributed by atoms with E-state index in [1.165, 1.54) is 25.7 Å². The second-order valence-electron chi connectivity index (χ2n) is 5.81. The molecular weight excluding hydrogens is 290 g/mol. The molecule has 4 heteroatoms. The zero-order valence-corrected chi connectivity index (χ0v) is 14.4. The van der Waals surface area contributed by atoms with E-state index in [-0.39, 0.29) is 18.3 Å². The molecule has 0 unspecified atom stereocenters. The molecule has 0 saturated heterocycles. The Kier molecular flexibility index (Phi) is 9.76. The molecule has 0 fully saturated rings. The lowest BCUT2D eigenvalue weighted by atomic mass is 10.1.